The van der Waals surface area contributed by atoms with Crippen molar-refractivity contribution in [3.63, 3.8) is 0 Å². The molecule has 0 aliphatic heterocycles. The topological polar surface area (TPSA) is 89.8 Å². The minimum absolute atomic E-state index is 0.00850. The lowest BCUT2D eigenvalue weighted by Crippen LogP contribution is -2.19. The van der Waals surface area contributed by atoms with Gasteiger partial charge in [0.2, 0.25) is 11.7 Å². The number of amides is 1. The van der Waals surface area contributed by atoms with Crippen molar-refractivity contribution in [3.05, 3.63) is 64.1 Å². The van der Waals surface area contributed by atoms with Crippen LogP contribution in [0, 0.1) is 0 Å². The highest BCUT2D eigenvalue weighted by Crippen LogP contribution is 2.17. The van der Waals surface area contributed by atoms with Crippen LogP contribution in [0.3, 0.4) is 0 Å². The number of aromatic nitrogens is 4. The summed E-state index contributed by atoms with van der Waals surface area (Å²) in [4.78, 5) is 24.6. The van der Waals surface area contributed by atoms with E-state index in [1.807, 2.05) is 36.4 Å². The van der Waals surface area contributed by atoms with Gasteiger partial charge in [0.1, 0.15) is 6.54 Å². The Morgan fingerprint density at radius 2 is 1.77 bits per heavy atom. The first-order chi connectivity index (χ1) is 12.5. The highest BCUT2D eigenvalue weighted by atomic mass is 79.9. The van der Waals surface area contributed by atoms with E-state index in [0.29, 0.717) is 17.9 Å². The van der Waals surface area contributed by atoms with Crippen molar-refractivity contribution in [3.8, 4) is 11.4 Å². The minimum atomic E-state index is -0.115. The summed E-state index contributed by atoms with van der Waals surface area (Å²) >= 11 is 3.38. The smallest absolute Gasteiger partial charge is 0.217 e. The number of carbonyl (C=O) groups excluding carboxylic acids is 2. The second-order valence-corrected chi connectivity index (χ2v) is 6.60. The van der Waals surface area contributed by atoms with Gasteiger partial charge in [-0.3, -0.25) is 9.59 Å². The lowest BCUT2D eigenvalue weighted by molar-refractivity contribution is -0.119. The van der Waals surface area contributed by atoms with Crippen LogP contribution in [0.4, 0.5) is 0 Å². The molecule has 3 aromatic rings. The SMILES string of the molecule is CC(=O)NCc1ccc(C(=O)Cn2nnc(-c3ccc(Br)cc3)n2)cc1. The van der Waals surface area contributed by atoms with E-state index in [4.69, 9.17) is 0 Å². The second kappa shape index (κ2) is 8.01. The van der Waals surface area contributed by atoms with E-state index in [1.54, 1.807) is 12.1 Å². The molecule has 1 amide bonds. The monoisotopic (exact) mass is 413 g/mol. The van der Waals surface area contributed by atoms with Crippen molar-refractivity contribution in [2.75, 3.05) is 0 Å². The van der Waals surface area contributed by atoms with Crippen LogP contribution < -0.4 is 5.32 Å². The van der Waals surface area contributed by atoms with Gasteiger partial charge in [0, 0.05) is 29.1 Å². The van der Waals surface area contributed by atoms with E-state index in [9.17, 15) is 9.59 Å². The molecule has 0 aliphatic rings. The first-order valence-corrected chi connectivity index (χ1v) is 8.71. The van der Waals surface area contributed by atoms with Crippen LogP contribution in [0.1, 0.15) is 22.8 Å². The number of tetrazole rings is 1. The highest BCUT2D eigenvalue weighted by Gasteiger charge is 2.11. The first-order valence-electron chi connectivity index (χ1n) is 7.91. The maximum atomic E-state index is 12.4. The van der Waals surface area contributed by atoms with E-state index in [2.05, 4.69) is 36.7 Å². The number of hydrogen-bond donors (Lipinski definition) is 1. The average Bonchev–Trinajstić information content (AvgIpc) is 3.09. The molecule has 0 bridgehead atoms. The largest absolute Gasteiger partial charge is 0.352 e. The predicted molar refractivity (Wildman–Crippen MR) is 99.2 cm³/mol. The molecule has 0 unspecified atom stereocenters. The van der Waals surface area contributed by atoms with Gasteiger partial charge in [-0.2, -0.15) is 4.80 Å². The molecule has 0 fully saturated rings. The lowest BCUT2D eigenvalue weighted by Gasteiger charge is -2.04. The van der Waals surface area contributed by atoms with E-state index in [0.717, 1.165) is 15.6 Å². The van der Waals surface area contributed by atoms with Gasteiger partial charge in [0.25, 0.3) is 0 Å². The number of nitrogens with one attached hydrogen (secondary N) is 1. The molecule has 8 heteroatoms. The number of benzene rings is 2. The summed E-state index contributed by atoms with van der Waals surface area (Å²) in [7, 11) is 0. The Kier molecular flexibility index (Phi) is 5.52. The van der Waals surface area contributed by atoms with Gasteiger partial charge in [-0.05, 0) is 35.0 Å². The summed E-state index contributed by atoms with van der Waals surface area (Å²) in [6.07, 6.45) is 0. The fourth-order valence-electron chi connectivity index (χ4n) is 2.28. The van der Waals surface area contributed by atoms with Crippen LogP contribution in [-0.2, 0) is 17.9 Å². The lowest BCUT2D eigenvalue weighted by atomic mass is 10.1. The fraction of sp³-hybridized carbons (Fsp3) is 0.167. The van der Waals surface area contributed by atoms with Crippen molar-refractivity contribution < 1.29 is 9.59 Å². The van der Waals surface area contributed by atoms with Gasteiger partial charge in [-0.25, -0.2) is 0 Å². The molecular weight excluding hydrogens is 398 g/mol. The Balaban J connectivity index is 1.64. The number of hydrogen-bond acceptors (Lipinski definition) is 5. The molecule has 3 rings (SSSR count). The molecule has 0 radical (unpaired) electrons. The molecule has 0 saturated heterocycles. The molecule has 0 atom stereocenters. The number of nitrogens with zero attached hydrogens (tertiary/aromatic N) is 4. The third kappa shape index (κ3) is 4.60. The van der Waals surface area contributed by atoms with Gasteiger partial charge in [-0.15, -0.1) is 10.2 Å². The van der Waals surface area contributed by atoms with E-state index < -0.39 is 0 Å². The molecule has 26 heavy (non-hydrogen) atoms. The Hall–Kier alpha value is -2.87. The van der Waals surface area contributed by atoms with Gasteiger partial charge >= 0.3 is 0 Å². The quantitative estimate of drug-likeness (QED) is 0.627. The van der Waals surface area contributed by atoms with Gasteiger partial charge in [0.15, 0.2) is 5.78 Å². The van der Waals surface area contributed by atoms with Gasteiger partial charge in [-0.1, -0.05) is 40.2 Å². The highest BCUT2D eigenvalue weighted by molar-refractivity contribution is 9.10. The summed E-state index contributed by atoms with van der Waals surface area (Å²) in [5.41, 5.74) is 2.31. The van der Waals surface area contributed by atoms with Crippen molar-refractivity contribution >= 4 is 27.6 Å². The summed E-state index contributed by atoms with van der Waals surface area (Å²) in [5, 5.41) is 14.9. The fourth-order valence-corrected chi connectivity index (χ4v) is 2.54. The van der Waals surface area contributed by atoms with Crippen LogP contribution in [0.5, 0.6) is 0 Å². The van der Waals surface area contributed by atoms with E-state index in [1.165, 1.54) is 11.7 Å². The summed E-state index contributed by atoms with van der Waals surface area (Å²) in [6.45, 7) is 1.91. The number of Topliss-reactive ketones (excluding diaryl/α,β-unsaturated/α-hetero) is 1. The third-order valence-electron chi connectivity index (χ3n) is 3.66. The normalized spacial score (nSPS) is 10.5. The number of halogens is 1. The zero-order valence-electron chi connectivity index (χ0n) is 14.0. The molecule has 1 N–H and O–H groups in total. The summed E-state index contributed by atoms with van der Waals surface area (Å²) in [5.74, 6) is 0.260. The zero-order chi connectivity index (χ0) is 18.5. The molecule has 0 saturated carbocycles. The van der Waals surface area contributed by atoms with Crippen LogP contribution in [-0.4, -0.2) is 31.9 Å². The maximum Gasteiger partial charge on any atom is 0.217 e. The predicted octanol–water partition coefficient (Wildman–Crippen LogP) is 2.62. The van der Waals surface area contributed by atoms with Crippen molar-refractivity contribution in [2.24, 2.45) is 0 Å². The molecular formula is C18H16BrN5O2. The second-order valence-electron chi connectivity index (χ2n) is 5.68. The number of ketones is 1. The Morgan fingerprint density at radius 3 is 2.42 bits per heavy atom. The zero-order valence-corrected chi connectivity index (χ0v) is 15.6. The summed E-state index contributed by atoms with van der Waals surface area (Å²) in [6, 6.07) is 14.6. The van der Waals surface area contributed by atoms with E-state index in [-0.39, 0.29) is 18.2 Å². The van der Waals surface area contributed by atoms with Crippen LogP contribution >= 0.6 is 15.9 Å². The molecule has 0 aliphatic carbocycles. The molecule has 1 aromatic heterocycles. The minimum Gasteiger partial charge on any atom is -0.352 e. The summed E-state index contributed by atoms with van der Waals surface area (Å²) < 4.78 is 0.964. The number of rotatable bonds is 6. The van der Waals surface area contributed by atoms with Crippen LogP contribution in [0.15, 0.2) is 53.0 Å². The van der Waals surface area contributed by atoms with Crippen LogP contribution in [0.25, 0.3) is 11.4 Å². The Morgan fingerprint density at radius 1 is 1.08 bits per heavy atom. The first kappa shape index (κ1) is 17.9. The molecule has 132 valence electrons. The average molecular weight is 414 g/mol. The maximum absolute atomic E-state index is 12.4. The molecule has 7 nitrogen and oxygen atoms in total. The third-order valence-corrected chi connectivity index (χ3v) is 4.19. The Bertz CT molecular complexity index is 920. The number of carbonyl (C=O) groups is 2. The van der Waals surface area contributed by atoms with Crippen molar-refractivity contribution in [1.29, 1.82) is 0 Å². The standard InChI is InChI=1S/C18H16BrN5O2/c1-12(25)20-10-13-2-4-14(5-3-13)17(26)11-24-22-18(21-23-24)15-6-8-16(19)9-7-15/h2-9H,10-11H2,1H3,(H,20,25). The molecule has 0 spiro atoms. The van der Waals surface area contributed by atoms with E-state index >= 15 is 0 Å². The van der Waals surface area contributed by atoms with Crippen molar-refractivity contribution in [1.82, 2.24) is 25.5 Å². The molecule has 2 aromatic carbocycles. The Labute approximate surface area is 158 Å². The van der Waals surface area contributed by atoms with Crippen molar-refractivity contribution in [2.45, 2.75) is 20.0 Å². The molecule has 1 heterocycles. The van der Waals surface area contributed by atoms with Crippen LogP contribution in [0.2, 0.25) is 0 Å². The van der Waals surface area contributed by atoms with Gasteiger partial charge < -0.3 is 5.32 Å². The van der Waals surface area contributed by atoms with Gasteiger partial charge in [0.05, 0.1) is 0 Å².